The van der Waals surface area contributed by atoms with E-state index in [4.69, 9.17) is 15.5 Å². The Morgan fingerprint density at radius 2 is 1.75 bits per heavy atom. The van der Waals surface area contributed by atoms with Crippen molar-refractivity contribution in [2.75, 3.05) is 71.1 Å². The van der Waals surface area contributed by atoms with Gasteiger partial charge >= 0.3 is 0 Å². The average molecular weight is 932 g/mol. The van der Waals surface area contributed by atoms with E-state index in [1.54, 1.807) is 7.11 Å². The molecule has 3 heterocycles. The van der Waals surface area contributed by atoms with Gasteiger partial charge in [-0.15, -0.1) is 0 Å². The van der Waals surface area contributed by atoms with Gasteiger partial charge in [-0.25, -0.2) is 0 Å². The lowest BCUT2D eigenvalue weighted by Crippen LogP contribution is -2.62. The number of aliphatic hydroxyl groups excluding tert-OH is 3. The third-order valence-electron chi connectivity index (χ3n) is 15.3. The zero-order valence-electron chi connectivity index (χ0n) is 44.1. The van der Waals surface area contributed by atoms with Crippen LogP contribution >= 0.6 is 0 Å². The molecule has 2 fully saturated rings. The molecule has 0 radical (unpaired) electrons. The molecular weight excluding hydrogens is 839 g/mol. The fourth-order valence-electron chi connectivity index (χ4n) is 10.7. The summed E-state index contributed by atoms with van der Waals surface area (Å²) in [5.74, 6) is 0.00468. The number of methoxy groups -OCH3 is 1. The highest BCUT2D eigenvalue weighted by Gasteiger charge is 2.46. The minimum atomic E-state index is -0.392. The Morgan fingerprint density at radius 1 is 1.04 bits per heavy atom. The largest absolute Gasteiger partial charge is 0.395 e. The first-order chi connectivity index (χ1) is 31.7. The average Bonchev–Trinajstić information content (AvgIpc) is 3.90. The number of carbonyl (C=O) groups excluding carboxylic acids is 1. The van der Waals surface area contributed by atoms with E-state index in [2.05, 4.69) is 139 Å². The molecule has 2 aliphatic rings. The lowest BCUT2D eigenvalue weighted by molar-refractivity contribution is -0.131. The van der Waals surface area contributed by atoms with Crippen LogP contribution in [0, 0.1) is 31.1 Å². The zero-order chi connectivity index (χ0) is 49.8. The Morgan fingerprint density at radius 3 is 2.33 bits per heavy atom. The minimum Gasteiger partial charge on any atom is -0.395 e. The second-order valence-electron chi connectivity index (χ2n) is 21.5. The standard InChI is InChI=1S/C55H93N7O5/c1-15-24-60(45(34-64)35-65)36-55(13)23-18-26-62(55)52(37(3)4)53(66)58-50(42(9)61-25-17-19-49(61)56)40(7)22-27-59(28-29-63)44-21-20-39(6)46(31-44)48(32-54(11,12)16-2)41(8)47-30-38(5)33-57-51(47)43(10)67-14/h20-21,30-31,33,37,40,43,45,49-50,52,63-65H,9,15-19,22-29,32,34-36,56H2,1-8,10-14H3,(H,58,66)/b48-41+. The van der Waals surface area contributed by atoms with Crippen molar-refractivity contribution >= 4 is 22.7 Å². The summed E-state index contributed by atoms with van der Waals surface area (Å²) in [6.07, 6.45) is 8.90. The van der Waals surface area contributed by atoms with Crippen molar-refractivity contribution in [3.8, 4) is 0 Å². The van der Waals surface area contributed by atoms with Gasteiger partial charge in [-0.1, -0.05) is 67.5 Å². The highest BCUT2D eigenvalue weighted by atomic mass is 16.5. The number of pyridine rings is 1. The monoisotopic (exact) mass is 932 g/mol. The van der Waals surface area contributed by atoms with Gasteiger partial charge in [0.1, 0.15) is 0 Å². The van der Waals surface area contributed by atoms with Gasteiger partial charge < -0.3 is 40.9 Å². The maximum absolute atomic E-state index is 15.0. The number of likely N-dealkylation sites (tertiary alicyclic amines) is 2. The predicted octanol–water partition coefficient (Wildman–Crippen LogP) is 8.31. The number of hydrogen-bond donors (Lipinski definition) is 5. The van der Waals surface area contributed by atoms with E-state index < -0.39 is 6.04 Å². The molecule has 2 aromatic rings. The molecule has 2 saturated heterocycles. The summed E-state index contributed by atoms with van der Waals surface area (Å²) in [6.45, 7) is 34.9. The third-order valence-corrected chi connectivity index (χ3v) is 15.3. The Labute approximate surface area is 406 Å². The van der Waals surface area contributed by atoms with Crippen molar-refractivity contribution in [3.05, 3.63) is 70.7 Å². The Balaban J connectivity index is 1.71. The van der Waals surface area contributed by atoms with E-state index in [-0.39, 0.29) is 72.9 Å². The number of ether oxygens (including phenoxy) is 1. The van der Waals surface area contributed by atoms with Crippen LogP contribution in [0.2, 0.25) is 0 Å². The lowest BCUT2D eigenvalue weighted by atomic mass is 9.78. The number of nitrogens with zero attached hydrogens (tertiary/aromatic N) is 5. The zero-order valence-corrected chi connectivity index (χ0v) is 44.1. The first-order valence-corrected chi connectivity index (χ1v) is 25.6. The number of carbonyl (C=O) groups is 1. The fraction of sp³-hybridized carbons (Fsp3) is 0.709. The Bertz CT molecular complexity index is 1930. The number of aryl methyl sites for hydroxylation is 2. The Hall–Kier alpha value is -3.36. The predicted molar refractivity (Wildman–Crippen MR) is 278 cm³/mol. The molecule has 378 valence electrons. The van der Waals surface area contributed by atoms with E-state index in [1.807, 2.05) is 6.20 Å². The number of anilines is 1. The first kappa shape index (κ1) is 56.2. The molecule has 1 amide bonds. The van der Waals surface area contributed by atoms with Gasteiger partial charge in [-0.05, 0) is 156 Å². The SMILES string of the molecule is C=C(C(NC(=O)C(C(C)C)N1CCCC1(C)CN(CCC)C(CO)CO)C(C)CCN(CCO)c1ccc(C)c(/C(CC(C)(C)CC)=C(\C)c2cc(C)cnc2C(C)OC)c1)N1CCCC1N. The maximum atomic E-state index is 15.0. The fourth-order valence-corrected chi connectivity index (χ4v) is 10.7. The van der Waals surface area contributed by atoms with Crippen molar-refractivity contribution in [1.29, 1.82) is 0 Å². The molecule has 0 aliphatic carbocycles. The molecule has 1 aromatic carbocycles. The molecule has 12 heteroatoms. The van der Waals surface area contributed by atoms with Crippen LogP contribution < -0.4 is 16.0 Å². The number of nitrogens with one attached hydrogen (secondary N) is 1. The van der Waals surface area contributed by atoms with Crippen LogP contribution in [0.3, 0.4) is 0 Å². The van der Waals surface area contributed by atoms with Crippen molar-refractivity contribution < 1.29 is 24.9 Å². The highest BCUT2D eigenvalue weighted by Crippen LogP contribution is 2.42. The van der Waals surface area contributed by atoms with Gasteiger partial charge in [0, 0.05) is 62.0 Å². The molecule has 12 nitrogen and oxygen atoms in total. The van der Waals surface area contributed by atoms with E-state index in [1.165, 1.54) is 22.3 Å². The number of allylic oxidation sites excluding steroid dienone is 2. The third kappa shape index (κ3) is 14.1. The second kappa shape index (κ2) is 25.5. The van der Waals surface area contributed by atoms with Crippen LogP contribution in [0.5, 0.6) is 0 Å². The van der Waals surface area contributed by atoms with Gasteiger partial charge in [0.25, 0.3) is 0 Å². The molecule has 6 atom stereocenters. The summed E-state index contributed by atoms with van der Waals surface area (Å²) in [5, 5.41) is 34.5. The molecule has 67 heavy (non-hydrogen) atoms. The smallest absolute Gasteiger partial charge is 0.238 e. The van der Waals surface area contributed by atoms with Crippen LogP contribution in [-0.4, -0.2) is 137 Å². The quantitative estimate of drug-likeness (QED) is 0.0589. The van der Waals surface area contributed by atoms with Gasteiger partial charge in [0.15, 0.2) is 0 Å². The number of benzene rings is 1. The van der Waals surface area contributed by atoms with E-state index in [0.29, 0.717) is 19.6 Å². The number of amides is 1. The van der Waals surface area contributed by atoms with Gasteiger partial charge in [0.2, 0.25) is 5.91 Å². The summed E-state index contributed by atoms with van der Waals surface area (Å²) in [4.78, 5) is 29.0. The summed E-state index contributed by atoms with van der Waals surface area (Å²) >= 11 is 0. The minimum absolute atomic E-state index is 0.00260. The number of rotatable bonds is 27. The number of aromatic nitrogens is 1. The molecule has 4 rings (SSSR count). The normalized spacial score (nSPS) is 20.4. The number of aliphatic hydroxyl groups is 3. The van der Waals surface area contributed by atoms with Crippen molar-refractivity contribution in [2.45, 2.75) is 170 Å². The molecular formula is C55H93N7O5. The first-order valence-electron chi connectivity index (χ1n) is 25.6. The maximum Gasteiger partial charge on any atom is 0.238 e. The lowest BCUT2D eigenvalue weighted by Gasteiger charge is -2.46. The van der Waals surface area contributed by atoms with Gasteiger partial charge in [0.05, 0.1) is 55.9 Å². The molecule has 0 spiro atoms. The van der Waals surface area contributed by atoms with E-state index >= 15 is 4.79 Å². The second-order valence-corrected chi connectivity index (χ2v) is 21.5. The number of nitrogens with two attached hydrogens (primary N) is 1. The summed E-state index contributed by atoms with van der Waals surface area (Å²) in [6, 6.07) is 7.85. The Kier molecular flexibility index (Phi) is 21.4. The van der Waals surface area contributed by atoms with Crippen LogP contribution in [0.15, 0.2) is 42.7 Å². The van der Waals surface area contributed by atoms with Gasteiger partial charge in [-0.2, -0.15) is 0 Å². The van der Waals surface area contributed by atoms with Crippen molar-refractivity contribution in [1.82, 2.24) is 25.0 Å². The molecule has 6 unspecified atom stereocenters. The van der Waals surface area contributed by atoms with Gasteiger partial charge in [-0.3, -0.25) is 19.6 Å². The summed E-state index contributed by atoms with van der Waals surface area (Å²) in [7, 11) is 1.73. The topological polar surface area (TPSA) is 151 Å². The number of hydrogen-bond acceptors (Lipinski definition) is 11. The molecule has 1 aromatic heterocycles. The van der Waals surface area contributed by atoms with Crippen LogP contribution in [0.25, 0.3) is 11.1 Å². The van der Waals surface area contributed by atoms with Crippen molar-refractivity contribution in [2.24, 2.45) is 23.0 Å². The van der Waals surface area contributed by atoms with Crippen LogP contribution in [-0.2, 0) is 9.53 Å². The van der Waals surface area contributed by atoms with Crippen molar-refractivity contribution in [3.63, 3.8) is 0 Å². The highest BCUT2D eigenvalue weighted by molar-refractivity contribution is 5.92. The molecule has 0 bridgehead atoms. The van der Waals surface area contributed by atoms with Crippen LogP contribution in [0.1, 0.15) is 155 Å². The van der Waals surface area contributed by atoms with Crippen LogP contribution in [0.4, 0.5) is 5.69 Å². The van der Waals surface area contributed by atoms with E-state index in [0.717, 1.165) is 99.2 Å². The molecule has 0 saturated carbocycles. The summed E-state index contributed by atoms with van der Waals surface area (Å²) in [5.41, 5.74) is 16.3. The van der Waals surface area contributed by atoms with E-state index in [9.17, 15) is 15.3 Å². The molecule has 6 N–H and O–H groups in total. The molecule has 2 aliphatic heterocycles. The summed E-state index contributed by atoms with van der Waals surface area (Å²) < 4.78 is 5.83.